The van der Waals surface area contributed by atoms with Crippen LogP contribution in [0, 0.1) is 0 Å². The van der Waals surface area contributed by atoms with E-state index in [2.05, 4.69) is 20.4 Å². The number of likely N-dealkylation sites (N-methyl/N-ethyl adjacent to an activating group) is 1. The van der Waals surface area contributed by atoms with Crippen LogP contribution in [0.2, 0.25) is 5.15 Å². The molecule has 1 N–H and O–H groups in total. The van der Waals surface area contributed by atoms with Crippen LogP contribution in [0.15, 0.2) is 12.1 Å². The lowest BCUT2D eigenvalue weighted by Gasteiger charge is -2.28. The fraction of sp³-hybridized carbons (Fsp3) is 0.636. The zero-order valence-corrected chi connectivity index (χ0v) is 10.2. The highest BCUT2D eigenvalue weighted by Gasteiger charge is 2.15. The van der Waals surface area contributed by atoms with Gasteiger partial charge in [0.25, 0.3) is 0 Å². The lowest BCUT2D eigenvalue weighted by atomic mass is 10.0. The van der Waals surface area contributed by atoms with Crippen molar-refractivity contribution in [2.24, 2.45) is 0 Å². The van der Waals surface area contributed by atoms with Crippen molar-refractivity contribution in [1.29, 1.82) is 0 Å². The molecular weight excluding hydrogens is 224 g/mol. The number of aromatic nitrogens is 2. The molecule has 1 aliphatic rings. The minimum Gasteiger partial charge on any atom is -0.357 e. The van der Waals surface area contributed by atoms with Gasteiger partial charge in [-0.15, -0.1) is 10.2 Å². The SMILES string of the molecule is CN(C[C@@H]1CCCCN1)c1ccc(Cl)nn1. The van der Waals surface area contributed by atoms with Gasteiger partial charge >= 0.3 is 0 Å². The Bertz CT molecular complexity index is 321. The monoisotopic (exact) mass is 240 g/mol. The molecule has 1 aromatic heterocycles. The van der Waals surface area contributed by atoms with Crippen molar-refractivity contribution in [1.82, 2.24) is 15.5 Å². The van der Waals surface area contributed by atoms with E-state index in [4.69, 9.17) is 11.6 Å². The van der Waals surface area contributed by atoms with Crippen LogP contribution in [-0.2, 0) is 0 Å². The molecule has 1 aliphatic heterocycles. The Balaban J connectivity index is 1.91. The van der Waals surface area contributed by atoms with E-state index in [9.17, 15) is 0 Å². The fourth-order valence-corrected chi connectivity index (χ4v) is 2.12. The molecule has 0 unspecified atom stereocenters. The molecule has 0 spiro atoms. The molecule has 0 aromatic carbocycles. The van der Waals surface area contributed by atoms with Crippen molar-refractivity contribution >= 4 is 17.4 Å². The van der Waals surface area contributed by atoms with Crippen molar-refractivity contribution in [2.75, 3.05) is 25.0 Å². The largest absolute Gasteiger partial charge is 0.357 e. The van der Waals surface area contributed by atoms with Crippen molar-refractivity contribution in [2.45, 2.75) is 25.3 Å². The molecule has 2 heterocycles. The summed E-state index contributed by atoms with van der Waals surface area (Å²) in [6.45, 7) is 2.10. The van der Waals surface area contributed by atoms with Gasteiger partial charge < -0.3 is 10.2 Å². The van der Waals surface area contributed by atoms with Crippen LogP contribution in [0.1, 0.15) is 19.3 Å². The smallest absolute Gasteiger partial charge is 0.151 e. The molecule has 1 fully saturated rings. The molecule has 1 saturated heterocycles. The first-order chi connectivity index (χ1) is 7.75. The molecule has 16 heavy (non-hydrogen) atoms. The predicted molar refractivity (Wildman–Crippen MR) is 66.0 cm³/mol. The molecule has 0 bridgehead atoms. The predicted octanol–water partition coefficient (Wildman–Crippen LogP) is 1.71. The maximum absolute atomic E-state index is 5.70. The van der Waals surface area contributed by atoms with Gasteiger partial charge in [0.1, 0.15) is 0 Å². The van der Waals surface area contributed by atoms with Gasteiger partial charge in [-0.2, -0.15) is 0 Å². The second-order valence-electron chi connectivity index (χ2n) is 4.24. The van der Waals surface area contributed by atoms with Crippen LogP contribution in [-0.4, -0.2) is 36.4 Å². The second kappa shape index (κ2) is 5.46. The minimum atomic E-state index is 0.438. The molecule has 0 saturated carbocycles. The van der Waals surface area contributed by atoms with E-state index in [-0.39, 0.29) is 0 Å². The van der Waals surface area contributed by atoms with E-state index in [0.717, 1.165) is 18.9 Å². The average molecular weight is 241 g/mol. The first-order valence-corrected chi connectivity index (χ1v) is 6.07. The van der Waals surface area contributed by atoms with Gasteiger partial charge in [-0.25, -0.2) is 0 Å². The number of piperidine rings is 1. The zero-order chi connectivity index (χ0) is 11.4. The molecule has 1 aromatic rings. The number of hydrogen-bond acceptors (Lipinski definition) is 4. The van der Waals surface area contributed by atoms with Crippen LogP contribution in [0.25, 0.3) is 0 Å². The summed E-state index contributed by atoms with van der Waals surface area (Å²) in [6.07, 6.45) is 3.85. The first-order valence-electron chi connectivity index (χ1n) is 5.69. The molecule has 0 aliphatic carbocycles. The highest BCUT2D eigenvalue weighted by molar-refractivity contribution is 6.29. The van der Waals surface area contributed by atoms with E-state index in [1.807, 2.05) is 13.1 Å². The van der Waals surface area contributed by atoms with Gasteiger partial charge in [0.2, 0.25) is 0 Å². The summed E-state index contributed by atoms with van der Waals surface area (Å²) in [4.78, 5) is 2.12. The number of rotatable bonds is 3. The normalized spacial score (nSPS) is 20.8. The second-order valence-corrected chi connectivity index (χ2v) is 4.63. The molecule has 1 atom stereocenters. The summed E-state index contributed by atoms with van der Waals surface area (Å²) >= 11 is 5.70. The summed E-state index contributed by atoms with van der Waals surface area (Å²) < 4.78 is 0. The highest BCUT2D eigenvalue weighted by Crippen LogP contribution is 2.13. The summed E-state index contributed by atoms with van der Waals surface area (Å²) in [5, 5.41) is 11.9. The molecule has 0 radical (unpaired) electrons. The Hall–Kier alpha value is -0.870. The number of hydrogen-bond donors (Lipinski definition) is 1. The van der Waals surface area contributed by atoms with Crippen molar-refractivity contribution in [3.8, 4) is 0 Å². The fourth-order valence-electron chi connectivity index (χ4n) is 2.02. The zero-order valence-electron chi connectivity index (χ0n) is 9.49. The number of halogens is 1. The Kier molecular flexibility index (Phi) is 3.96. The summed E-state index contributed by atoms with van der Waals surface area (Å²) in [6, 6.07) is 4.24. The van der Waals surface area contributed by atoms with E-state index in [1.165, 1.54) is 19.3 Å². The summed E-state index contributed by atoms with van der Waals surface area (Å²) in [5.41, 5.74) is 0. The van der Waals surface area contributed by atoms with E-state index in [1.54, 1.807) is 6.07 Å². The molecule has 88 valence electrons. The average Bonchev–Trinajstić information content (AvgIpc) is 2.31. The standard InChI is InChI=1S/C11H17ClN4/c1-16(8-9-4-2-3-7-13-9)11-6-5-10(12)14-15-11/h5-6,9,13H,2-4,7-8H2,1H3/t9-/m0/s1. The Morgan fingerprint density at radius 1 is 1.44 bits per heavy atom. The Labute approximate surface area is 101 Å². The molecule has 2 rings (SSSR count). The third-order valence-corrected chi connectivity index (χ3v) is 3.12. The van der Waals surface area contributed by atoms with Gasteiger partial charge in [0, 0.05) is 19.6 Å². The molecular formula is C11H17ClN4. The Morgan fingerprint density at radius 2 is 2.31 bits per heavy atom. The van der Waals surface area contributed by atoms with Gasteiger partial charge in [-0.1, -0.05) is 18.0 Å². The van der Waals surface area contributed by atoms with Crippen LogP contribution >= 0.6 is 11.6 Å². The third kappa shape index (κ3) is 3.06. The molecule has 0 amide bonds. The van der Waals surface area contributed by atoms with E-state index in [0.29, 0.717) is 11.2 Å². The van der Waals surface area contributed by atoms with Crippen LogP contribution in [0.3, 0.4) is 0 Å². The summed E-state index contributed by atoms with van der Waals surface area (Å²) in [5.74, 6) is 0.872. The number of nitrogens with zero attached hydrogens (tertiary/aromatic N) is 3. The number of anilines is 1. The third-order valence-electron chi connectivity index (χ3n) is 2.92. The van der Waals surface area contributed by atoms with Crippen molar-refractivity contribution < 1.29 is 0 Å². The quantitative estimate of drug-likeness (QED) is 0.874. The molecule has 5 heteroatoms. The lowest BCUT2D eigenvalue weighted by Crippen LogP contribution is -2.42. The van der Waals surface area contributed by atoms with Crippen molar-refractivity contribution in [3.05, 3.63) is 17.3 Å². The Morgan fingerprint density at radius 3 is 2.94 bits per heavy atom. The lowest BCUT2D eigenvalue weighted by molar-refractivity contribution is 0.402. The van der Waals surface area contributed by atoms with E-state index >= 15 is 0 Å². The maximum Gasteiger partial charge on any atom is 0.151 e. The van der Waals surface area contributed by atoms with Gasteiger partial charge in [0.15, 0.2) is 11.0 Å². The summed E-state index contributed by atoms with van der Waals surface area (Å²) in [7, 11) is 2.04. The van der Waals surface area contributed by atoms with Gasteiger partial charge in [-0.3, -0.25) is 0 Å². The van der Waals surface area contributed by atoms with E-state index < -0.39 is 0 Å². The highest BCUT2D eigenvalue weighted by atomic mass is 35.5. The maximum atomic E-state index is 5.70. The van der Waals surface area contributed by atoms with Gasteiger partial charge in [0.05, 0.1) is 0 Å². The van der Waals surface area contributed by atoms with Gasteiger partial charge in [-0.05, 0) is 31.5 Å². The minimum absolute atomic E-state index is 0.438. The van der Waals surface area contributed by atoms with Crippen LogP contribution in [0.5, 0.6) is 0 Å². The topological polar surface area (TPSA) is 41.0 Å². The van der Waals surface area contributed by atoms with Crippen LogP contribution < -0.4 is 10.2 Å². The first kappa shape index (κ1) is 11.6. The number of nitrogens with one attached hydrogen (secondary N) is 1. The molecule has 4 nitrogen and oxygen atoms in total. The van der Waals surface area contributed by atoms with Crippen LogP contribution in [0.4, 0.5) is 5.82 Å². The van der Waals surface area contributed by atoms with Crippen molar-refractivity contribution in [3.63, 3.8) is 0 Å².